The molecule has 0 aromatic carbocycles. The lowest BCUT2D eigenvalue weighted by Crippen LogP contribution is -2.33. The molecular formula is C13H23BrN4. The molecule has 18 heavy (non-hydrogen) atoms. The molecule has 0 aliphatic carbocycles. The lowest BCUT2D eigenvalue weighted by molar-refractivity contribution is 0.356. The highest BCUT2D eigenvalue weighted by Gasteiger charge is 2.14. The van der Waals surface area contributed by atoms with Crippen LogP contribution in [0.4, 0.5) is 11.5 Å². The van der Waals surface area contributed by atoms with E-state index in [1.165, 1.54) is 0 Å². The first-order valence-corrected chi connectivity index (χ1v) is 7.00. The van der Waals surface area contributed by atoms with E-state index in [9.17, 15) is 0 Å². The molecule has 0 spiro atoms. The highest BCUT2D eigenvalue weighted by molar-refractivity contribution is 9.10. The van der Waals surface area contributed by atoms with E-state index in [4.69, 9.17) is 5.73 Å². The minimum absolute atomic E-state index is 0.382. The second-order valence-corrected chi connectivity index (χ2v) is 6.19. The largest absolute Gasteiger partial charge is 0.397 e. The summed E-state index contributed by atoms with van der Waals surface area (Å²) in [5.41, 5.74) is 6.36. The molecule has 1 rings (SSSR count). The Balaban J connectivity index is 2.75. The predicted molar refractivity (Wildman–Crippen MR) is 81.8 cm³/mol. The third-order valence-corrected chi connectivity index (χ3v) is 3.15. The molecule has 102 valence electrons. The maximum atomic E-state index is 5.69. The van der Waals surface area contributed by atoms with E-state index in [0.717, 1.165) is 23.3 Å². The molecule has 0 aliphatic rings. The summed E-state index contributed by atoms with van der Waals surface area (Å²) in [6.45, 7) is 5.45. The van der Waals surface area contributed by atoms with Crippen molar-refractivity contribution in [1.82, 2.24) is 9.88 Å². The fourth-order valence-corrected chi connectivity index (χ4v) is 2.42. The van der Waals surface area contributed by atoms with Gasteiger partial charge in [0.15, 0.2) is 0 Å². The second kappa shape index (κ2) is 6.95. The number of nitrogen functional groups attached to an aromatic ring is 1. The van der Waals surface area contributed by atoms with Crippen LogP contribution in [0.1, 0.15) is 20.3 Å². The summed E-state index contributed by atoms with van der Waals surface area (Å²) < 4.78 is 0.912. The van der Waals surface area contributed by atoms with E-state index < -0.39 is 0 Å². The van der Waals surface area contributed by atoms with Crippen LogP contribution in [-0.2, 0) is 0 Å². The van der Waals surface area contributed by atoms with E-state index in [2.05, 4.69) is 59.1 Å². The monoisotopic (exact) mass is 314 g/mol. The summed E-state index contributed by atoms with van der Waals surface area (Å²) in [6, 6.07) is 2.25. The molecule has 0 bridgehead atoms. The van der Waals surface area contributed by atoms with Crippen molar-refractivity contribution in [3.63, 3.8) is 0 Å². The maximum absolute atomic E-state index is 5.69. The third kappa shape index (κ3) is 5.23. The van der Waals surface area contributed by atoms with E-state index in [-0.39, 0.29) is 0 Å². The van der Waals surface area contributed by atoms with E-state index in [1.54, 1.807) is 6.20 Å². The minimum Gasteiger partial charge on any atom is -0.397 e. The summed E-state index contributed by atoms with van der Waals surface area (Å²) in [7, 11) is 4.17. The van der Waals surface area contributed by atoms with Gasteiger partial charge in [0.1, 0.15) is 5.82 Å². The van der Waals surface area contributed by atoms with Crippen LogP contribution in [0.3, 0.4) is 0 Å². The lowest BCUT2D eigenvalue weighted by Gasteiger charge is -2.25. The van der Waals surface area contributed by atoms with E-state index in [0.29, 0.717) is 17.6 Å². The number of halogens is 1. The summed E-state index contributed by atoms with van der Waals surface area (Å²) in [6.07, 6.45) is 2.78. The second-order valence-electron chi connectivity index (χ2n) is 5.33. The van der Waals surface area contributed by atoms with Crippen LogP contribution < -0.4 is 11.1 Å². The van der Waals surface area contributed by atoms with Crippen molar-refractivity contribution in [1.29, 1.82) is 0 Å². The standard InChI is InChI=1S/C13H23BrN4/c1-9(2)5-11(8-18(3)4)17-13-12(14)6-10(15)7-16-13/h6-7,9,11H,5,8,15H2,1-4H3,(H,16,17). The molecule has 0 saturated heterocycles. The molecule has 1 atom stereocenters. The Morgan fingerprint density at radius 1 is 1.44 bits per heavy atom. The van der Waals surface area contributed by atoms with Crippen molar-refractivity contribution in [2.45, 2.75) is 26.3 Å². The van der Waals surface area contributed by atoms with E-state index >= 15 is 0 Å². The molecule has 1 heterocycles. The molecule has 0 saturated carbocycles. The number of aromatic nitrogens is 1. The first kappa shape index (κ1) is 15.2. The smallest absolute Gasteiger partial charge is 0.140 e. The molecule has 3 N–H and O–H groups in total. The highest BCUT2D eigenvalue weighted by atomic mass is 79.9. The molecule has 4 nitrogen and oxygen atoms in total. The zero-order valence-electron chi connectivity index (χ0n) is 11.6. The number of hydrogen-bond donors (Lipinski definition) is 2. The van der Waals surface area contributed by atoms with Gasteiger partial charge in [-0.3, -0.25) is 0 Å². The van der Waals surface area contributed by atoms with Gasteiger partial charge in [0.05, 0.1) is 16.4 Å². The topological polar surface area (TPSA) is 54.2 Å². The number of nitrogens with two attached hydrogens (primary N) is 1. The summed E-state index contributed by atoms with van der Waals surface area (Å²) >= 11 is 3.49. The highest BCUT2D eigenvalue weighted by Crippen LogP contribution is 2.23. The van der Waals surface area contributed by atoms with Crippen LogP contribution >= 0.6 is 15.9 Å². The summed E-state index contributed by atoms with van der Waals surface area (Å²) in [4.78, 5) is 6.52. The van der Waals surface area contributed by atoms with Gasteiger partial charge < -0.3 is 16.0 Å². The SMILES string of the molecule is CC(C)CC(CN(C)C)Nc1ncc(N)cc1Br. The predicted octanol–water partition coefficient (Wildman–Crippen LogP) is 2.81. The number of likely N-dealkylation sites (N-methyl/N-ethyl adjacent to an activating group) is 1. The van der Waals surface area contributed by atoms with Gasteiger partial charge in [-0.2, -0.15) is 0 Å². The molecule has 1 unspecified atom stereocenters. The van der Waals surface area contributed by atoms with Gasteiger partial charge in [-0.05, 0) is 48.4 Å². The summed E-state index contributed by atoms with van der Waals surface area (Å²) in [5.74, 6) is 1.51. The van der Waals surface area contributed by atoms with Crippen LogP contribution in [0.15, 0.2) is 16.7 Å². The van der Waals surface area contributed by atoms with Gasteiger partial charge in [-0.15, -0.1) is 0 Å². The van der Waals surface area contributed by atoms with Crippen molar-refractivity contribution < 1.29 is 0 Å². The summed E-state index contributed by atoms with van der Waals surface area (Å²) in [5, 5.41) is 3.48. The van der Waals surface area contributed by atoms with Crippen molar-refractivity contribution in [3.8, 4) is 0 Å². The minimum atomic E-state index is 0.382. The molecule has 1 aromatic heterocycles. The van der Waals surface area contributed by atoms with Gasteiger partial charge in [-0.1, -0.05) is 13.8 Å². The van der Waals surface area contributed by atoms with Gasteiger partial charge in [0.25, 0.3) is 0 Å². The first-order valence-electron chi connectivity index (χ1n) is 6.20. The van der Waals surface area contributed by atoms with Crippen molar-refractivity contribution in [2.75, 3.05) is 31.7 Å². The van der Waals surface area contributed by atoms with Crippen LogP contribution in [0.2, 0.25) is 0 Å². The van der Waals surface area contributed by atoms with Crippen LogP contribution in [0.25, 0.3) is 0 Å². The number of pyridine rings is 1. The molecule has 1 aromatic rings. The fraction of sp³-hybridized carbons (Fsp3) is 0.615. The van der Waals surface area contributed by atoms with Gasteiger partial charge >= 0.3 is 0 Å². The van der Waals surface area contributed by atoms with Gasteiger partial charge in [0, 0.05) is 12.6 Å². The molecule has 5 heteroatoms. The van der Waals surface area contributed by atoms with Gasteiger partial charge in [0.2, 0.25) is 0 Å². The molecular weight excluding hydrogens is 292 g/mol. The third-order valence-electron chi connectivity index (χ3n) is 2.54. The van der Waals surface area contributed by atoms with Crippen molar-refractivity contribution >= 4 is 27.4 Å². The van der Waals surface area contributed by atoms with Crippen LogP contribution in [-0.4, -0.2) is 36.6 Å². The van der Waals surface area contributed by atoms with Gasteiger partial charge in [-0.25, -0.2) is 4.98 Å². The quantitative estimate of drug-likeness (QED) is 0.847. The normalized spacial score (nSPS) is 13.1. The Kier molecular flexibility index (Phi) is 5.88. The number of nitrogens with zero attached hydrogens (tertiary/aromatic N) is 2. The molecule has 0 radical (unpaired) electrons. The Hall–Kier alpha value is -0.810. The van der Waals surface area contributed by atoms with E-state index in [1.807, 2.05) is 6.07 Å². The zero-order valence-corrected chi connectivity index (χ0v) is 13.2. The lowest BCUT2D eigenvalue weighted by atomic mass is 10.0. The number of rotatable bonds is 6. The number of nitrogens with one attached hydrogen (secondary N) is 1. The fourth-order valence-electron chi connectivity index (χ4n) is 1.94. The Morgan fingerprint density at radius 3 is 2.61 bits per heavy atom. The van der Waals surface area contributed by atoms with Crippen LogP contribution in [0, 0.1) is 5.92 Å². The maximum Gasteiger partial charge on any atom is 0.140 e. The first-order chi connectivity index (χ1) is 8.38. The molecule has 0 amide bonds. The zero-order chi connectivity index (χ0) is 13.7. The average Bonchev–Trinajstić information content (AvgIpc) is 2.20. The van der Waals surface area contributed by atoms with Crippen LogP contribution in [0.5, 0.6) is 0 Å². The average molecular weight is 315 g/mol. The Bertz CT molecular complexity index is 369. The molecule has 0 fully saturated rings. The Morgan fingerprint density at radius 2 is 2.11 bits per heavy atom. The number of anilines is 2. The van der Waals surface area contributed by atoms with Crippen molar-refractivity contribution in [3.05, 3.63) is 16.7 Å². The molecule has 0 aliphatic heterocycles. The number of hydrogen-bond acceptors (Lipinski definition) is 4. The Labute approximate surface area is 118 Å². The van der Waals surface area contributed by atoms with Crippen molar-refractivity contribution in [2.24, 2.45) is 5.92 Å².